The van der Waals surface area contributed by atoms with Gasteiger partial charge in [-0.2, -0.15) is 5.10 Å². The number of urea groups is 1. The third-order valence-corrected chi connectivity index (χ3v) is 4.07. The van der Waals surface area contributed by atoms with Crippen molar-refractivity contribution in [3.63, 3.8) is 0 Å². The zero-order valence-electron chi connectivity index (χ0n) is 14.2. The Balaban J connectivity index is 1.56. The maximum atomic E-state index is 12.4. The molecule has 10 heteroatoms. The molecule has 25 heavy (non-hydrogen) atoms. The van der Waals surface area contributed by atoms with E-state index >= 15 is 0 Å². The van der Waals surface area contributed by atoms with Crippen molar-refractivity contribution in [1.82, 2.24) is 29.5 Å². The molecule has 134 valence electrons. The minimum absolute atomic E-state index is 0.142. The number of amides is 3. The summed E-state index contributed by atoms with van der Waals surface area (Å²) in [4.78, 5) is 43.9. The van der Waals surface area contributed by atoms with Crippen molar-refractivity contribution < 1.29 is 9.59 Å². The predicted octanol–water partition coefficient (Wildman–Crippen LogP) is 0.470. The van der Waals surface area contributed by atoms with Crippen LogP contribution in [0.1, 0.15) is 30.4 Å². The molecular formula is C15H21N7O3. The van der Waals surface area contributed by atoms with Crippen LogP contribution in [0.4, 0.5) is 10.6 Å². The average Bonchev–Trinajstić information content (AvgIpc) is 3.23. The Morgan fingerprint density at radius 2 is 1.88 bits per heavy atom. The summed E-state index contributed by atoms with van der Waals surface area (Å²) in [7, 11) is 0. The van der Waals surface area contributed by atoms with Gasteiger partial charge in [0.1, 0.15) is 11.5 Å². The molecule has 0 spiro atoms. The van der Waals surface area contributed by atoms with Crippen molar-refractivity contribution >= 4 is 17.8 Å². The molecule has 0 saturated carbocycles. The largest absolute Gasteiger partial charge is 0.334 e. The first-order valence-electron chi connectivity index (χ1n) is 8.12. The summed E-state index contributed by atoms with van der Waals surface area (Å²) < 4.78 is 1.74. The number of carbonyl (C=O) groups is 2. The minimum atomic E-state index is -0.414. The van der Waals surface area contributed by atoms with Crippen LogP contribution in [0.3, 0.4) is 0 Å². The van der Waals surface area contributed by atoms with Crippen LogP contribution >= 0.6 is 0 Å². The van der Waals surface area contributed by atoms with Crippen molar-refractivity contribution in [2.24, 2.45) is 0 Å². The number of aromatic nitrogens is 4. The summed E-state index contributed by atoms with van der Waals surface area (Å²) in [6, 6.07) is 1.67. The van der Waals surface area contributed by atoms with Gasteiger partial charge in [-0.15, -0.1) is 0 Å². The van der Waals surface area contributed by atoms with Crippen molar-refractivity contribution in [2.75, 3.05) is 31.5 Å². The summed E-state index contributed by atoms with van der Waals surface area (Å²) in [5, 5.41) is 7.04. The molecule has 1 fully saturated rings. The Kier molecular flexibility index (Phi) is 4.59. The van der Waals surface area contributed by atoms with Gasteiger partial charge >= 0.3 is 11.7 Å². The zero-order chi connectivity index (χ0) is 18.0. The van der Waals surface area contributed by atoms with Gasteiger partial charge in [0, 0.05) is 44.5 Å². The monoisotopic (exact) mass is 347 g/mol. The van der Waals surface area contributed by atoms with E-state index in [0.717, 1.165) is 0 Å². The lowest BCUT2D eigenvalue weighted by Gasteiger charge is -2.34. The number of rotatable bonds is 3. The number of H-pyrrole nitrogens is 2. The SMILES string of the molecule is CC(C)n1nccc1NC(=O)N1CCN(C(=O)c2c[nH]c(=O)[nH]2)CC1. The maximum Gasteiger partial charge on any atom is 0.323 e. The number of nitrogens with one attached hydrogen (secondary N) is 3. The summed E-state index contributed by atoms with van der Waals surface area (Å²) in [5.41, 5.74) is -0.188. The molecule has 0 aromatic carbocycles. The molecule has 10 nitrogen and oxygen atoms in total. The molecule has 1 aliphatic rings. The number of anilines is 1. The number of carbonyl (C=O) groups excluding carboxylic acids is 2. The molecule has 3 amide bonds. The Hall–Kier alpha value is -3.04. The Bertz CT molecular complexity index is 811. The van der Waals surface area contributed by atoms with E-state index in [1.54, 1.807) is 26.7 Å². The van der Waals surface area contributed by atoms with Crippen molar-refractivity contribution in [2.45, 2.75) is 19.9 Å². The van der Waals surface area contributed by atoms with E-state index in [1.165, 1.54) is 6.20 Å². The standard InChI is InChI=1S/C15H21N7O3/c1-10(2)22-12(3-4-17-22)19-15(25)21-7-5-20(6-8-21)13(23)11-9-16-14(24)18-11/h3-4,9-10H,5-8H2,1-2H3,(H,19,25)(H2,16,18,24). The topological polar surface area (TPSA) is 119 Å². The molecule has 1 saturated heterocycles. The molecule has 2 aromatic heterocycles. The lowest BCUT2D eigenvalue weighted by molar-refractivity contribution is 0.0666. The second-order valence-corrected chi connectivity index (χ2v) is 6.12. The molecule has 2 aromatic rings. The van der Waals surface area contributed by atoms with Gasteiger partial charge in [0.05, 0.1) is 6.20 Å². The van der Waals surface area contributed by atoms with E-state index in [-0.39, 0.29) is 23.7 Å². The molecule has 0 bridgehead atoms. The maximum absolute atomic E-state index is 12.4. The van der Waals surface area contributed by atoms with Gasteiger partial charge in [-0.1, -0.05) is 0 Å². The van der Waals surface area contributed by atoms with E-state index in [4.69, 9.17) is 0 Å². The fourth-order valence-corrected chi connectivity index (χ4v) is 2.74. The van der Waals surface area contributed by atoms with E-state index in [2.05, 4.69) is 20.4 Å². The number of hydrogen-bond donors (Lipinski definition) is 3. The Morgan fingerprint density at radius 1 is 1.20 bits per heavy atom. The number of aromatic amines is 2. The molecule has 1 aliphatic heterocycles. The predicted molar refractivity (Wildman–Crippen MR) is 90.5 cm³/mol. The van der Waals surface area contributed by atoms with Gasteiger partial charge in [0.15, 0.2) is 0 Å². The summed E-state index contributed by atoms with van der Waals surface area (Å²) in [6.07, 6.45) is 3.00. The highest BCUT2D eigenvalue weighted by Crippen LogP contribution is 2.14. The molecule has 3 heterocycles. The summed E-state index contributed by atoms with van der Waals surface area (Å²) >= 11 is 0. The fourth-order valence-electron chi connectivity index (χ4n) is 2.74. The lowest BCUT2D eigenvalue weighted by atomic mass is 10.3. The molecule has 3 rings (SSSR count). The van der Waals surface area contributed by atoms with E-state index in [1.807, 2.05) is 13.8 Å². The number of nitrogens with zero attached hydrogens (tertiary/aromatic N) is 4. The number of piperazine rings is 1. The second-order valence-electron chi connectivity index (χ2n) is 6.12. The van der Waals surface area contributed by atoms with Crippen molar-refractivity contribution in [3.8, 4) is 0 Å². The highest BCUT2D eigenvalue weighted by molar-refractivity contribution is 5.92. The van der Waals surface area contributed by atoms with Crippen LogP contribution in [-0.4, -0.2) is 67.7 Å². The van der Waals surface area contributed by atoms with E-state index in [0.29, 0.717) is 32.0 Å². The molecular weight excluding hydrogens is 326 g/mol. The Labute approximate surface area is 143 Å². The highest BCUT2D eigenvalue weighted by Gasteiger charge is 2.26. The molecule has 0 atom stereocenters. The highest BCUT2D eigenvalue weighted by atomic mass is 16.2. The summed E-state index contributed by atoms with van der Waals surface area (Å²) in [6.45, 7) is 5.62. The van der Waals surface area contributed by atoms with Gasteiger partial charge < -0.3 is 19.8 Å². The van der Waals surface area contributed by atoms with Crippen molar-refractivity contribution in [3.05, 3.63) is 34.6 Å². The van der Waals surface area contributed by atoms with Crippen LogP contribution in [0, 0.1) is 0 Å². The van der Waals surface area contributed by atoms with Gasteiger partial charge in [-0.05, 0) is 13.8 Å². The lowest BCUT2D eigenvalue weighted by Crippen LogP contribution is -2.51. The first kappa shape index (κ1) is 16.8. The molecule has 0 aliphatic carbocycles. The average molecular weight is 347 g/mol. The first-order chi connectivity index (χ1) is 12.0. The van der Waals surface area contributed by atoms with Crippen LogP contribution in [0.25, 0.3) is 0 Å². The van der Waals surface area contributed by atoms with Gasteiger partial charge in [0.25, 0.3) is 5.91 Å². The second kappa shape index (κ2) is 6.83. The van der Waals surface area contributed by atoms with Gasteiger partial charge in [-0.25, -0.2) is 14.3 Å². The normalized spacial score (nSPS) is 14.8. The third kappa shape index (κ3) is 3.57. The smallest absolute Gasteiger partial charge is 0.323 e. The van der Waals surface area contributed by atoms with Gasteiger partial charge in [-0.3, -0.25) is 10.1 Å². The van der Waals surface area contributed by atoms with Crippen LogP contribution in [0.5, 0.6) is 0 Å². The molecule has 0 unspecified atom stereocenters. The first-order valence-corrected chi connectivity index (χ1v) is 8.12. The molecule has 3 N–H and O–H groups in total. The van der Waals surface area contributed by atoms with E-state index in [9.17, 15) is 14.4 Å². The van der Waals surface area contributed by atoms with Crippen LogP contribution in [0.15, 0.2) is 23.3 Å². The Morgan fingerprint density at radius 3 is 2.48 bits per heavy atom. The molecule has 0 radical (unpaired) electrons. The number of hydrogen-bond acceptors (Lipinski definition) is 4. The number of imidazole rings is 1. The van der Waals surface area contributed by atoms with Crippen molar-refractivity contribution in [1.29, 1.82) is 0 Å². The quantitative estimate of drug-likeness (QED) is 0.747. The minimum Gasteiger partial charge on any atom is -0.334 e. The van der Waals surface area contributed by atoms with Crippen LogP contribution in [-0.2, 0) is 0 Å². The fraction of sp³-hybridized carbons (Fsp3) is 0.467. The van der Waals surface area contributed by atoms with Crippen LogP contribution in [0.2, 0.25) is 0 Å². The third-order valence-electron chi connectivity index (χ3n) is 4.07. The summed E-state index contributed by atoms with van der Waals surface area (Å²) in [5.74, 6) is 0.389. The van der Waals surface area contributed by atoms with Gasteiger partial charge in [0.2, 0.25) is 0 Å². The van der Waals surface area contributed by atoms with E-state index < -0.39 is 5.69 Å². The zero-order valence-corrected chi connectivity index (χ0v) is 14.2. The van der Waals surface area contributed by atoms with Crippen LogP contribution < -0.4 is 11.0 Å².